The van der Waals surface area contributed by atoms with Crippen LogP contribution in [0.1, 0.15) is 48.5 Å². The first-order chi connectivity index (χ1) is 12.6. The summed E-state index contributed by atoms with van der Waals surface area (Å²) in [6, 6.07) is 0. The van der Waals surface area contributed by atoms with Crippen LogP contribution in [0.2, 0.25) is 0 Å². The van der Waals surface area contributed by atoms with Gasteiger partial charge in [0.05, 0.1) is 24.4 Å². The first kappa shape index (κ1) is 41.4. The first-order valence-corrected chi connectivity index (χ1v) is 9.23. The number of nitrogens with one attached hydrogen (secondary N) is 1. The third-order valence-electron chi connectivity index (χ3n) is 3.12. The van der Waals surface area contributed by atoms with Crippen LogP contribution < -0.4 is 5.32 Å². The van der Waals surface area contributed by atoms with Crippen molar-refractivity contribution in [3.63, 3.8) is 0 Å². The molecule has 0 aromatic heterocycles. The third-order valence-corrected chi connectivity index (χ3v) is 3.12. The Labute approximate surface area is 232 Å². The van der Waals surface area contributed by atoms with Gasteiger partial charge in [-0.05, 0) is 48.5 Å². The molecule has 0 saturated heterocycles. The van der Waals surface area contributed by atoms with Crippen LogP contribution in [0.4, 0.5) is 0 Å². The largest absolute Gasteiger partial charge is 2.00 e. The van der Waals surface area contributed by atoms with Crippen molar-refractivity contribution < 1.29 is 91.4 Å². The van der Waals surface area contributed by atoms with Crippen molar-refractivity contribution in [3.8, 4) is 0 Å². The van der Waals surface area contributed by atoms with E-state index in [1.165, 1.54) is 6.08 Å². The van der Waals surface area contributed by atoms with E-state index in [9.17, 15) is 4.79 Å². The van der Waals surface area contributed by atoms with Gasteiger partial charge >= 0.3 is 31.1 Å². The van der Waals surface area contributed by atoms with E-state index in [1.807, 2.05) is 20.8 Å². The summed E-state index contributed by atoms with van der Waals surface area (Å²) < 4.78 is 14.7. The minimum atomic E-state index is -1.01. The average Bonchev–Trinajstić information content (AvgIpc) is 2.50. The van der Waals surface area contributed by atoms with Gasteiger partial charge in [0, 0.05) is 43.3 Å². The molecule has 0 fully saturated rings. The molecule has 0 aromatic rings. The van der Waals surface area contributed by atoms with Crippen LogP contribution in [0.3, 0.4) is 0 Å². The number of ether oxygens (including phenoxy) is 3. The van der Waals surface area contributed by atoms with Crippen molar-refractivity contribution in [2.75, 3.05) is 39.6 Å². The Hall–Kier alpha value is 1.11. The molecule has 0 unspecified atom stereocenters. The predicted octanol–water partition coefficient (Wildman–Crippen LogP) is 2.12. The summed E-state index contributed by atoms with van der Waals surface area (Å²) >= 11 is 0. The quantitative estimate of drug-likeness (QED) is 0.230. The molecular weight excluding hydrogens is 838 g/mol. The Kier molecular flexibility index (Phi) is 32.1. The van der Waals surface area contributed by atoms with Crippen molar-refractivity contribution in [2.24, 2.45) is 0 Å². The molecular formula is C21H42NO6U2-. The maximum absolute atomic E-state index is 11.0. The summed E-state index contributed by atoms with van der Waals surface area (Å²) in [7, 11) is 0. The van der Waals surface area contributed by atoms with Gasteiger partial charge in [0.2, 0.25) is 5.91 Å². The third kappa shape index (κ3) is 36.5. The monoisotopic (exact) mass is 880 g/mol. The number of carbonyl (C=O) groups is 1. The Balaban J connectivity index is -0.000000102. The van der Waals surface area contributed by atoms with Crippen LogP contribution in [0.5, 0.6) is 0 Å². The molecule has 7 nitrogen and oxygen atoms in total. The van der Waals surface area contributed by atoms with E-state index in [1.54, 1.807) is 27.7 Å². The molecule has 9 heteroatoms. The molecule has 176 valence electrons. The SMILES string of the molecule is CC(C)(O)C(C)(C)O.[CH-]=CCOCCOC[CH2-].[CH2-]COCC(=O)NC(C)(C)C.[U+2].[U]. The van der Waals surface area contributed by atoms with Gasteiger partial charge < -0.3 is 50.2 Å². The molecule has 0 aliphatic heterocycles. The van der Waals surface area contributed by atoms with Crippen molar-refractivity contribution in [1.82, 2.24) is 5.32 Å². The molecule has 1 amide bonds. The van der Waals surface area contributed by atoms with Crippen molar-refractivity contribution in [3.05, 3.63) is 26.5 Å². The smallest absolute Gasteiger partial charge is 0.516 e. The molecule has 0 saturated carbocycles. The molecule has 0 radical (unpaired) electrons. The summed E-state index contributed by atoms with van der Waals surface area (Å²) in [5.41, 5.74) is -2.19. The Morgan fingerprint density at radius 3 is 1.63 bits per heavy atom. The van der Waals surface area contributed by atoms with Crippen molar-refractivity contribution in [1.29, 1.82) is 0 Å². The second-order valence-corrected chi connectivity index (χ2v) is 7.89. The molecule has 0 aromatic carbocycles. The fourth-order valence-electron chi connectivity index (χ4n) is 0.990. The van der Waals surface area contributed by atoms with E-state index < -0.39 is 11.2 Å². The summed E-state index contributed by atoms with van der Waals surface area (Å²) in [4.78, 5) is 11.0. The normalized spacial score (nSPS) is 10.8. The van der Waals surface area contributed by atoms with Crippen LogP contribution in [-0.2, 0) is 19.0 Å². The van der Waals surface area contributed by atoms with Gasteiger partial charge in [-0.15, -0.1) is 0 Å². The van der Waals surface area contributed by atoms with Crippen LogP contribution in [0, 0.1) is 82.7 Å². The summed E-state index contributed by atoms with van der Waals surface area (Å²) in [5.74, 6) is -0.0962. The number of rotatable bonds is 10. The molecule has 0 heterocycles. The van der Waals surface area contributed by atoms with Gasteiger partial charge in [-0.3, -0.25) is 4.79 Å². The zero-order valence-corrected chi connectivity index (χ0v) is 28.2. The maximum Gasteiger partial charge on any atom is 2.00 e. The second-order valence-electron chi connectivity index (χ2n) is 7.89. The summed E-state index contributed by atoms with van der Waals surface area (Å²) in [6.07, 6.45) is 1.46. The molecule has 0 rings (SSSR count). The first-order valence-electron chi connectivity index (χ1n) is 9.23. The Morgan fingerprint density at radius 1 is 0.933 bits per heavy atom. The topological polar surface area (TPSA) is 97.2 Å². The minimum absolute atomic E-state index is 0. The molecule has 0 aliphatic carbocycles. The predicted molar refractivity (Wildman–Crippen MR) is 113 cm³/mol. The minimum Gasteiger partial charge on any atom is -0.516 e. The second kappa shape index (κ2) is 23.3. The van der Waals surface area contributed by atoms with E-state index in [0.717, 1.165) is 0 Å². The van der Waals surface area contributed by atoms with E-state index in [2.05, 4.69) is 19.2 Å². The fraction of sp³-hybridized carbons (Fsp3) is 0.762. The number of aliphatic hydroxyl groups is 2. The molecule has 30 heavy (non-hydrogen) atoms. The van der Waals surface area contributed by atoms with Gasteiger partial charge in [0.15, 0.2) is 0 Å². The average molecular weight is 881 g/mol. The fourth-order valence-corrected chi connectivity index (χ4v) is 0.990. The zero-order valence-electron chi connectivity index (χ0n) is 19.8. The van der Waals surface area contributed by atoms with Crippen molar-refractivity contribution in [2.45, 2.75) is 65.2 Å². The zero-order chi connectivity index (χ0) is 22.9. The van der Waals surface area contributed by atoms with E-state index in [0.29, 0.717) is 33.0 Å². The number of carbonyl (C=O) groups excluding carboxylic acids is 1. The number of hydrogen-bond donors (Lipinski definition) is 3. The van der Waals surface area contributed by atoms with E-state index >= 15 is 0 Å². The van der Waals surface area contributed by atoms with Gasteiger partial charge in [0.1, 0.15) is 6.61 Å². The van der Waals surface area contributed by atoms with Crippen molar-refractivity contribution >= 4 is 5.91 Å². The van der Waals surface area contributed by atoms with E-state index in [-0.39, 0.29) is 80.3 Å². The number of amides is 1. The maximum atomic E-state index is 11.0. The molecule has 0 spiro atoms. The van der Waals surface area contributed by atoms with Gasteiger partial charge in [-0.1, -0.05) is 13.2 Å². The Morgan fingerprint density at radius 2 is 1.33 bits per heavy atom. The standard InChI is InChI=1S/C8H16NO2.C7H12O2.C6H14O2.2U/c1-5-11-6-7(10)9-8(2,3)4;1-3-5-9-7-6-8-4-2;1-5(2,7)6(3,4)8;;/h1,5-6H2,2-4H3,(H,9,10);1,3H,2,4-7H2;7-8H,1-4H3;;/q-1;-2;;;+2. The van der Waals surface area contributed by atoms with Crippen LogP contribution >= 0.6 is 0 Å². The van der Waals surface area contributed by atoms with Gasteiger partial charge in [-0.2, -0.15) is 0 Å². The van der Waals surface area contributed by atoms with Gasteiger partial charge in [0.25, 0.3) is 0 Å². The van der Waals surface area contributed by atoms with Crippen LogP contribution in [0.15, 0.2) is 6.08 Å². The molecule has 0 bridgehead atoms. The molecule has 0 aliphatic rings. The van der Waals surface area contributed by atoms with E-state index in [4.69, 9.17) is 31.0 Å². The van der Waals surface area contributed by atoms with Crippen LogP contribution in [-0.4, -0.2) is 72.5 Å². The molecule has 0 atom stereocenters. The van der Waals surface area contributed by atoms with Crippen LogP contribution in [0.25, 0.3) is 0 Å². The summed E-state index contributed by atoms with van der Waals surface area (Å²) in [5, 5.41) is 21.0. The Bertz CT molecular complexity index is 376. The van der Waals surface area contributed by atoms with Gasteiger partial charge in [-0.25, -0.2) is 6.08 Å². The number of hydrogen-bond acceptors (Lipinski definition) is 6. The molecule has 3 N–H and O–H groups in total. The summed E-state index contributed by atoms with van der Waals surface area (Å²) in [6.45, 7) is 26.7.